The molecule has 0 aliphatic carbocycles. The molecule has 0 aliphatic heterocycles. The molecule has 0 atom stereocenters. The lowest BCUT2D eigenvalue weighted by molar-refractivity contribution is 0.550. The number of aryl methyl sites for hydroxylation is 1. The first kappa shape index (κ1) is 15.5. The van der Waals surface area contributed by atoms with Crippen molar-refractivity contribution in [3.05, 3.63) is 41.6 Å². The van der Waals surface area contributed by atoms with Crippen LogP contribution in [0.1, 0.15) is 30.7 Å². The van der Waals surface area contributed by atoms with Gasteiger partial charge < -0.3 is 14.6 Å². The summed E-state index contributed by atoms with van der Waals surface area (Å²) < 4.78 is 5.08. The van der Waals surface area contributed by atoms with Crippen molar-refractivity contribution in [1.29, 1.82) is 0 Å². The molecule has 5 heteroatoms. The Morgan fingerprint density at radius 1 is 1.38 bits per heavy atom. The SMILES string of the molecule is Cc1nc(N(C)Cc2ccoc2)ncc1CNCC(C)C. The second-order valence-corrected chi connectivity index (χ2v) is 5.79. The number of hydrogen-bond donors (Lipinski definition) is 1. The van der Waals surface area contributed by atoms with Crippen molar-refractivity contribution < 1.29 is 4.42 Å². The van der Waals surface area contributed by atoms with Gasteiger partial charge in [-0.1, -0.05) is 13.8 Å². The van der Waals surface area contributed by atoms with Crippen LogP contribution < -0.4 is 10.2 Å². The highest BCUT2D eigenvalue weighted by atomic mass is 16.3. The van der Waals surface area contributed by atoms with Crippen LogP contribution in [0.15, 0.2) is 29.2 Å². The zero-order valence-corrected chi connectivity index (χ0v) is 13.3. The Kier molecular flexibility index (Phi) is 5.33. The average Bonchev–Trinajstić information content (AvgIpc) is 2.93. The highest BCUT2D eigenvalue weighted by Crippen LogP contribution is 2.13. The van der Waals surface area contributed by atoms with E-state index in [-0.39, 0.29) is 0 Å². The van der Waals surface area contributed by atoms with Gasteiger partial charge in [0.1, 0.15) is 0 Å². The average molecular weight is 288 g/mol. The fraction of sp³-hybridized carbons (Fsp3) is 0.500. The summed E-state index contributed by atoms with van der Waals surface area (Å²) >= 11 is 0. The van der Waals surface area contributed by atoms with Gasteiger partial charge in [0.25, 0.3) is 0 Å². The van der Waals surface area contributed by atoms with Crippen LogP contribution in [0.5, 0.6) is 0 Å². The van der Waals surface area contributed by atoms with E-state index in [1.54, 1.807) is 12.5 Å². The number of hydrogen-bond acceptors (Lipinski definition) is 5. The minimum Gasteiger partial charge on any atom is -0.472 e. The molecular formula is C16H24N4O. The molecular weight excluding hydrogens is 264 g/mol. The van der Waals surface area contributed by atoms with Crippen molar-refractivity contribution >= 4 is 5.95 Å². The lowest BCUT2D eigenvalue weighted by Gasteiger charge is -2.17. The van der Waals surface area contributed by atoms with E-state index >= 15 is 0 Å². The molecule has 5 nitrogen and oxygen atoms in total. The lowest BCUT2D eigenvalue weighted by atomic mass is 10.2. The maximum atomic E-state index is 5.08. The van der Waals surface area contributed by atoms with Crippen LogP contribution in [0.4, 0.5) is 5.95 Å². The van der Waals surface area contributed by atoms with E-state index in [2.05, 4.69) is 29.1 Å². The summed E-state index contributed by atoms with van der Waals surface area (Å²) in [5, 5.41) is 3.42. The van der Waals surface area contributed by atoms with E-state index in [9.17, 15) is 0 Å². The van der Waals surface area contributed by atoms with Gasteiger partial charge in [0.05, 0.1) is 12.5 Å². The molecule has 2 rings (SSSR count). The number of nitrogens with zero attached hydrogens (tertiary/aromatic N) is 3. The predicted octanol–water partition coefficient (Wildman–Crippen LogP) is 2.76. The van der Waals surface area contributed by atoms with Gasteiger partial charge in [0.15, 0.2) is 0 Å². The highest BCUT2D eigenvalue weighted by Gasteiger charge is 2.09. The molecule has 0 radical (unpaired) electrons. The Hall–Kier alpha value is -1.88. The fourth-order valence-corrected chi connectivity index (χ4v) is 2.06. The van der Waals surface area contributed by atoms with E-state index in [1.807, 2.05) is 31.1 Å². The van der Waals surface area contributed by atoms with Crippen molar-refractivity contribution in [3.8, 4) is 0 Å². The highest BCUT2D eigenvalue weighted by molar-refractivity contribution is 5.33. The van der Waals surface area contributed by atoms with Crippen LogP contribution in [-0.2, 0) is 13.1 Å². The molecule has 2 aromatic rings. The summed E-state index contributed by atoms with van der Waals surface area (Å²) in [6.07, 6.45) is 5.34. The topological polar surface area (TPSA) is 54.2 Å². The van der Waals surface area contributed by atoms with Crippen LogP contribution >= 0.6 is 0 Å². The number of anilines is 1. The molecule has 0 fully saturated rings. The van der Waals surface area contributed by atoms with Crippen LogP contribution in [0.2, 0.25) is 0 Å². The van der Waals surface area contributed by atoms with Crippen molar-refractivity contribution in [3.63, 3.8) is 0 Å². The summed E-state index contributed by atoms with van der Waals surface area (Å²) in [5.74, 6) is 1.38. The number of nitrogens with one attached hydrogen (secondary N) is 1. The number of rotatable bonds is 7. The Morgan fingerprint density at radius 2 is 2.19 bits per heavy atom. The first-order valence-corrected chi connectivity index (χ1v) is 7.31. The molecule has 2 heterocycles. The molecule has 21 heavy (non-hydrogen) atoms. The second-order valence-electron chi connectivity index (χ2n) is 5.79. The molecule has 0 unspecified atom stereocenters. The van der Waals surface area contributed by atoms with E-state index in [1.165, 1.54) is 0 Å². The maximum absolute atomic E-state index is 5.08. The fourth-order valence-electron chi connectivity index (χ4n) is 2.06. The van der Waals surface area contributed by atoms with Gasteiger partial charge in [-0.15, -0.1) is 0 Å². The summed E-state index contributed by atoms with van der Waals surface area (Å²) in [7, 11) is 1.98. The summed E-state index contributed by atoms with van der Waals surface area (Å²) in [6.45, 7) is 8.98. The molecule has 0 bridgehead atoms. The Labute approximate surface area is 126 Å². The van der Waals surface area contributed by atoms with Gasteiger partial charge in [-0.2, -0.15) is 0 Å². The molecule has 114 valence electrons. The van der Waals surface area contributed by atoms with Gasteiger partial charge in [-0.25, -0.2) is 9.97 Å². The van der Waals surface area contributed by atoms with Crippen molar-refractivity contribution in [1.82, 2.24) is 15.3 Å². The van der Waals surface area contributed by atoms with Gasteiger partial charge in [-0.05, 0) is 25.5 Å². The normalized spacial score (nSPS) is 11.1. The quantitative estimate of drug-likeness (QED) is 0.849. The first-order chi connectivity index (χ1) is 10.1. The third-order valence-electron chi connectivity index (χ3n) is 3.28. The van der Waals surface area contributed by atoms with Gasteiger partial charge in [0, 0.05) is 43.2 Å². The molecule has 0 spiro atoms. The van der Waals surface area contributed by atoms with Crippen LogP contribution in [0, 0.1) is 12.8 Å². The van der Waals surface area contributed by atoms with Gasteiger partial charge in [0.2, 0.25) is 5.95 Å². The molecule has 0 amide bonds. The van der Waals surface area contributed by atoms with Crippen molar-refractivity contribution in [2.75, 3.05) is 18.5 Å². The van der Waals surface area contributed by atoms with Crippen LogP contribution in [-0.4, -0.2) is 23.6 Å². The Balaban J connectivity index is 1.97. The predicted molar refractivity (Wildman–Crippen MR) is 84.1 cm³/mol. The molecule has 0 aromatic carbocycles. The largest absolute Gasteiger partial charge is 0.472 e. The lowest BCUT2D eigenvalue weighted by Crippen LogP contribution is -2.22. The van der Waals surface area contributed by atoms with Crippen molar-refractivity contribution in [2.45, 2.75) is 33.9 Å². The van der Waals surface area contributed by atoms with E-state index in [0.717, 1.165) is 42.4 Å². The Bertz CT molecular complexity index is 551. The minimum atomic E-state index is 0.645. The summed E-state index contributed by atoms with van der Waals surface area (Å²) in [5.41, 5.74) is 3.29. The van der Waals surface area contributed by atoms with Crippen LogP contribution in [0.3, 0.4) is 0 Å². The standard InChI is InChI=1S/C16H24N4O/c1-12(2)7-17-8-15-9-18-16(19-13(15)3)20(4)10-14-5-6-21-11-14/h5-6,9,11-12,17H,7-8,10H2,1-4H3. The molecule has 1 N–H and O–H groups in total. The zero-order valence-electron chi connectivity index (χ0n) is 13.3. The minimum absolute atomic E-state index is 0.645. The van der Waals surface area contributed by atoms with E-state index in [0.29, 0.717) is 5.92 Å². The summed E-state index contributed by atoms with van der Waals surface area (Å²) in [6, 6.07) is 1.95. The van der Waals surface area contributed by atoms with E-state index < -0.39 is 0 Å². The smallest absolute Gasteiger partial charge is 0.225 e. The maximum Gasteiger partial charge on any atom is 0.225 e. The monoisotopic (exact) mass is 288 g/mol. The first-order valence-electron chi connectivity index (χ1n) is 7.31. The number of aromatic nitrogens is 2. The third kappa shape index (κ3) is 4.56. The summed E-state index contributed by atoms with van der Waals surface area (Å²) in [4.78, 5) is 11.1. The zero-order chi connectivity index (χ0) is 15.2. The van der Waals surface area contributed by atoms with Crippen molar-refractivity contribution in [2.24, 2.45) is 5.92 Å². The van der Waals surface area contributed by atoms with Crippen LogP contribution in [0.25, 0.3) is 0 Å². The van der Waals surface area contributed by atoms with Gasteiger partial charge in [-0.3, -0.25) is 0 Å². The molecule has 2 aromatic heterocycles. The third-order valence-corrected chi connectivity index (χ3v) is 3.28. The molecule has 0 saturated carbocycles. The van der Waals surface area contributed by atoms with E-state index in [4.69, 9.17) is 4.42 Å². The molecule has 0 saturated heterocycles. The Morgan fingerprint density at radius 3 is 2.81 bits per heavy atom. The number of furan rings is 1. The van der Waals surface area contributed by atoms with Gasteiger partial charge >= 0.3 is 0 Å². The molecule has 0 aliphatic rings. The second kappa shape index (κ2) is 7.22.